The molecule has 4 atom stereocenters. The maximum Gasteiger partial charge on any atom is 0.407 e. The molecule has 7 rings (SSSR count). The Morgan fingerprint density at radius 3 is 1.51 bits per heavy atom. The molecular weight excluding hydrogens is 704 g/mol. The van der Waals surface area contributed by atoms with Crippen molar-refractivity contribution in [2.45, 2.75) is 77.5 Å². The lowest BCUT2D eigenvalue weighted by Crippen LogP contribution is -2.51. The van der Waals surface area contributed by atoms with E-state index in [2.05, 4.69) is 30.6 Å². The van der Waals surface area contributed by atoms with Crippen LogP contribution in [-0.4, -0.2) is 93.1 Å². The molecular formula is C40H48N8O7. The van der Waals surface area contributed by atoms with E-state index in [-0.39, 0.29) is 35.7 Å². The minimum Gasteiger partial charge on any atom is -0.456 e. The molecule has 0 spiro atoms. The molecule has 5 heterocycles. The highest BCUT2D eigenvalue weighted by Crippen LogP contribution is 2.37. The number of aromatic nitrogens is 4. The molecule has 2 saturated heterocycles. The predicted octanol–water partition coefficient (Wildman–Crippen LogP) is 6.45. The number of amides is 4. The van der Waals surface area contributed by atoms with Gasteiger partial charge in [-0.1, -0.05) is 39.8 Å². The maximum atomic E-state index is 13.6. The molecule has 15 heteroatoms. The highest BCUT2D eigenvalue weighted by atomic mass is 16.5. The minimum absolute atomic E-state index is 0.120. The van der Waals surface area contributed by atoms with Gasteiger partial charge < -0.3 is 44.3 Å². The second-order valence-corrected chi connectivity index (χ2v) is 15.0. The highest BCUT2D eigenvalue weighted by Gasteiger charge is 2.39. The lowest BCUT2D eigenvalue weighted by Gasteiger charge is -2.30. The zero-order valence-electron chi connectivity index (χ0n) is 32.0. The van der Waals surface area contributed by atoms with Crippen molar-refractivity contribution in [3.8, 4) is 22.5 Å². The summed E-state index contributed by atoms with van der Waals surface area (Å²) in [6.45, 7) is 8.72. The van der Waals surface area contributed by atoms with Crippen LogP contribution in [0, 0.1) is 11.8 Å². The van der Waals surface area contributed by atoms with E-state index < -0.39 is 24.3 Å². The van der Waals surface area contributed by atoms with E-state index in [1.165, 1.54) is 14.2 Å². The first-order chi connectivity index (χ1) is 26.5. The van der Waals surface area contributed by atoms with Crippen LogP contribution < -0.4 is 10.6 Å². The van der Waals surface area contributed by atoms with E-state index in [4.69, 9.17) is 13.9 Å². The summed E-state index contributed by atoms with van der Waals surface area (Å²) in [6, 6.07) is 10.2. The topological polar surface area (TPSA) is 188 Å². The number of hydrogen-bond donors (Lipinski definition) is 4. The van der Waals surface area contributed by atoms with Gasteiger partial charge in [-0.2, -0.15) is 0 Å². The van der Waals surface area contributed by atoms with Gasteiger partial charge >= 0.3 is 12.2 Å². The number of benzene rings is 2. The highest BCUT2D eigenvalue weighted by molar-refractivity contribution is 6.06. The Labute approximate surface area is 318 Å². The predicted molar refractivity (Wildman–Crippen MR) is 205 cm³/mol. The zero-order chi connectivity index (χ0) is 39.0. The molecule has 15 nitrogen and oxygen atoms in total. The zero-order valence-corrected chi connectivity index (χ0v) is 32.0. The maximum absolute atomic E-state index is 13.6. The van der Waals surface area contributed by atoms with Crippen molar-refractivity contribution >= 4 is 45.9 Å². The molecule has 3 aromatic heterocycles. The van der Waals surface area contributed by atoms with Gasteiger partial charge in [0.25, 0.3) is 0 Å². The van der Waals surface area contributed by atoms with E-state index in [1.807, 2.05) is 64.1 Å². The summed E-state index contributed by atoms with van der Waals surface area (Å²) in [5.74, 6) is 0.831. The van der Waals surface area contributed by atoms with Crippen LogP contribution >= 0.6 is 0 Å². The van der Waals surface area contributed by atoms with Crippen LogP contribution in [0.25, 0.3) is 44.5 Å². The van der Waals surface area contributed by atoms with Gasteiger partial charge in [0.05, 0.1) is 50.1 Å². The van der Waals surface area contributed by atoms with Gasteiger partial charge in [0.2, 0.25) is 11.8 Å². The van der Waals surface area contributed by atoms with E-state index in [9.17, 15) is 19.2 Å². The second kappa shape index (κ2) is 15.5. The first kappa shape index (κ1) is 37.5. The minimum atomic E-state index is -0.706. The molecule has 55 heavy (non-hydrogen) atoms. The van der Waals surface area contributed by atoms with Crippen LogP contribution in [0.4, 0.5) is 9.59 Å². The third-order valence-corrected chi connectivity index (χ3v) is 10.8. The van der Waals surface area contributed by atoms with E-state index in [1.54, 1.807) is 22.2 Å². The summed E-state index contributed by atoms with van der Waals surface area (Å²) in [5, 5.41) is 7.33. The lowest BCUT2D eigenvalue weighted by molar-refractivity contribution is -0.136. The van der Waals surface area contributed by atoms with Crippen molar-refractivity contribution in [1.29, 1.82) is 0 Å². The summed E-state index contributed by atoms with van der Waals surface area (Å²) >= 11 is 0. The van der Waals surface area contributed by atoms with Crippen LogP contribution in [0.1, 0.15) is 77.1 Å². The van der Waals surface area contributed by atoms with Crippen LogP contribution in [0.2, 0.25) is 0 Å². The van der Waals surface area contributed by atoms with Crippen molar-refractivity contribution in [3.05, 3.63) is 60.4 Å². The second-order valence-electron chi connectivity index (χ2n) is 15.0. The smallest absolute Gasteiger partial charge is 0.407 e. The molecule has 5 aromatic rings. The largest absolute Gasteiger partial charge is 0.456 e. The Balaban J connectivity index is 1.09. The van der Waals surface area contributed by atoms with Crippen LogP contribution in [0.5, 0.6) is 0 Å². The standard InChI is InChI=1S/C40H48N8O7/c1-21(2)33(45-39(51)53-5)37(49)47-15-7-9-29(47)35-41-19-27(43-35)23-11-13-25-26-14-12-24(18-32(26)55-31(25)17-23)28-20-42-36(44-28)30-10-8-16-48(30)38(50)34(22(3)4)46-40(52)54-6/h11-14,17-22,29-30,33-34H,7-10,15-16H2,1-6H3,(H,41,43)(H,42,44)(H,45,51)(H,46,52)/t29-,30-,33-,34-/m0/s1. The van der Waals surface area contributed by atoms with Crippen LogP contribution in [0.15, 0.2) is 53.2 Å². The third-order valence-electron chi connectivity index (χ3n) is 10.8. The number of aromatic amines is 2. The Bertz CT molecular complexity index is 2070. The fourth-order valence-corrected chi connectivity index (χ4v) is 7.80. The number of likely N-dealkylation sites (tertiary alicyclic amines) is 2. The number of carbonyl (C=O) groups is 4. The van der Waals surface area contributed by atoms with Crippen molar-refractivity contribution in [2.75, 3.05) is 27.3 Å². The van der Waals surface area contributed by atoms with Crippen molar-refractivity contribution < 1.29 is 33.1 Å². The number of H-pyrrole nitrogens is 2. The van der Waals surface area contributed by atoms with Gasteiger partial charge in [0.15, 0.2) is 0 Å². The number of methoxy groups -OCH3 is 2. The summed E-state index contributed by atoms with van der Waals surface area (Å²) in [4.78, 5) is 71.0. The number of furan rings is 1. The third kappa shape index (κ3) is 7.34. The van der Waals surface area contributed by atoms with Gasteiger partial charge in [-0.25, -0.2) is 19.6 Å². The average Bonchev–Trinajstić information content (AvgIpc) is 4.02. The van der Waals surface area contributed by atoms with E-state index in [0.717, 1.165) is 70.1 Å². The molecule has 4 N–H and O–H groups in total. The monoisotopic (exact) mass is 752 g/mol. The number of alkyl carbamates (subject to hydrolysis) is 2. The van der Waals surface area contributed by atoms with Crippen molar-refractivity contribution in [2.24, 2.45) is 11.8 Å². The molecule has 0 unspecified atom stereocenters. The van der Waals surface area contributed by atoms with Crippen molar-refractivity contribution in [1.82, 2.24) is 40.4 Å². The van der Waals surface area contributed by atoms with Crippen molar-refractivity contribution in [3.63, 3.8) is 0 Å². The van der Waals surface area contributed by atoms with Crippen LogP contribution in [-0.2, 0) is 19.1 Å². The molecule has 2 aromatic carbocycles. The quantitative estimate of drug-likeness (QED) is 0.124. The summed E-state index contributed by atoms with van der Waals surface area (Å²) in [5.41, 5.74) is 4.83. The number of nitrogens with zero attached hydrogens (tertiary/aromatic N) is 4. The van der Waals surface area contributed by atoms with Gasteiger partial charge in [0, 0.05) is 35.0 Å². The Morgan fingerprint density at radius 1 is 0.709 bits per heavy atom. The number of carbonyl (C=O) groups excluding carboxylic acids is 4. The summed E-state index contributed by atoms with van der Waals surface area (Å²) in [6.07, 6.45) is 5.46. The van der Waals surface area contributed by atoms with E-state index in [0.29, 0.717) is 24.7 Å². The molecule has 2 fully saturated rings. The Hall–Kier alpha value is -5.86. The molecule has 0 saturated carbocycles. The number of rotatable bonds is 10. The molecule has 0 bridgehead atoms. The molecule has 2 aliphatic rings. The van der Waals surface area contributed by atoms with Crippen LogP contribution in [0.3, 0.4) is 0 Å². The molecule has 0 aliphatic carbocycles. The van der Waals surface area contributed by atoms with Gasteiger partial charge in [-0.3, -0.25) is 9.59 Å². The fraction of sp³-hybridized carbons (Fsp3) is 0.450. The first-order valence-corrected chi connectivity index (χ1v) is 18.8. The fourth-order valence-electron chi connectivity index (χ4n) is 7.80. The van der Waals surface area contributed by atoms with Gasteiger partial charge in [0.1, 0.15) is 34.9 Å². The summed E-state index contributed by atoms with van der Waals surface area (Å²) in [7, 11) is 2.57. The number of fused-ring (bicyclic) bond motifs is 3. The van der Waals surface area contributed by atoms with E-state index >= 15 is 0 Å². The lowest BCUT2D eigenvalue weighted by atomic mass is 10.0. The normalized spacial score (nSPS) is 18.3. The molecule has 2 aliphatic heterocycles. The SMILES string of the molecule is COC(=O)N[C@H](C(=O)N1CCC[C@H]1c1ncc(-c2ccc3c(c2)oc2cc(-c4cnc([C@@H]5CCCN5C(=O)[C@@H](NC(=O)OC)C(C)C)[nH]4)ccc23)[nH]1)C(C)C. The number of hydrogen-bond acceptors (Lipinski definition) is 9. The molecule has 290 valence electrons. The Morgan fingerprint density at radius 2 is 1.13 bits per heavy atom. The molecule has 0 radical (unpaired) electrons. The van der Waals surface area contributed by atoms with Gasteiger partial charge in [-0.15, -0.1) is 0 Å². The van der Waals surface area contributed by atoms with Gasteiger partial charge in [-0.05, 0) is 61.8 Å². The number of ether oxygens (including phenoxy) is 2. The number of nitrogens with one attached hydrogen (secondary N) is 4. The average molecular weight is 753 g/mol. The Kier molecular flexibility index (Phi) is 10.5. The molecule has 4 amide bonds. The first-order valence-electron chi connectivity index (χ1n) is 18.8. The number of imidazole rings is 2. The summed E-state index contributed by atoms with van der Waals surface area (Å²) < 4.78 is 15.9.